The second-order valence-corrected chi connectivity index (χ2v) is 7.05. The predicted molar refractivity (Wildman–Crippen MR) is 118 cm³/mol. The van der Waals surface area contributed by atoms with Crippen molar-refractivity contribution < 1.29 is 9.53 Å². The number of benzene rings is 3. The third-order valence-electron chi connectivity index (χ3n) is 5.11. The highest BCUT2D eigenvalue weighted by molar-refractivity contribution is 5.87. The Morgan fingerprint density at radius 3 is 2.17 bits per heavy atom. The average Bonchev–Trinajstić information content (AvgIpc) is 2.79. The van der Waals surface area contributed by atoms with Crippen molar-refractivity contribution in [1.82, 2.24) is 10.3 Å². The standard InChI is InChI=1S/C25H22N2O3/c1-30-21-12-13-22-19(15-21)14-20(24(28)27-22)16-26-25(29)23(17-8-4-2-5-9-17)18-10-6-3-7-11-18/h2-15,23H,16H2,1H3,(H,26,29)(H,27,28). The normalized spacial score (nSPS) is 10.9. The summed E-state index contributed by atoms with van der Waals surface area (Å²) in [6.07, 6.45) is 0. The van der Waals surface area contributed by atoms with Gasteiger partial charge < -0.3 is 15.0 Å². The molecule has 1 aromatic heterocycles. The zero-order valence-electron chi connectivity index (χ0n) is 16.6. The number of ether oxygens (including phenoxy) is 1. The van der Waals surface area contributed by atoms with E-state index in [1.807, 2.05) is 66.7 Å². The lowest BCUT2D eigenvalue weighted by atomic mass is 9.90. The van der Waals surface area contributed by atoms with Crippen molar-refractivity contribution in [2.45, 2.75) is 12.5 Å². The van der Waals surface area contributed by atoms with Crippen LogP contribution in [0.5, 0.6) is 5.75 Å². The van der Waals surface area contributed by atoms with Crippen LogP contribution in [0.2, 0.25) is 0 Å². The van der Waals surface area contributed by atoms with Crippen molar-refractivity contribution in [3.8, 4) is 5.75 Å². The molecule has 4 aromatic rings. The molecule has 0 aliphatic rings. The van der Waals surface area contributed by atoms with Crippen LogP contribution in [0.3, 0.4) is 0 Å². The SMILES string of the molecule is COc1ccc2[nH]c(=O)c(CNC(=O)C(c3ccccc3)c3ccccc3)cc2c1. The van der Waals surface area contributed by atoms with Gasteiger partial charge in [-0.25, -0.2) is 0 Å². The number of H-pyrrole nitrogens is 1. The van der Waals surface area contributed by atoms with E-state index in [0.717, 1.165) is 22.0 Å². The summed E-state index contributed by atoms with van der Waals surface area (Å²) in [6, 6.07) is 26.5. The number of methoxy groups -OCH3 is 1. The Kier molecular flexibility index (Phi) is 5.61. The minimum atomic E-state index is -0.452. The zero-order valence-corrected chi connectivity index (χ0v) is 16.6. The molecule has 1 heterocycles. The number of fused-ring (bicyclic) bond motifs is 1. The van der Waals surface area contributed by atoms with Crippen LogP contribution in [0.1, 0.15) is 22.6 Å². The van der Waals surface area contributed by atoms with Gasteiger partial charge in [0, 0.05) is 23.0 Å². The molecule has 1 amide bonds. The highest BCUT2D eigenvalue weighted by Gasteiger charge is 2.22. The van der Waals surface area contributed by atoms with E-state index in [9.17, 15) is 9.59 Å². The topological polar surface area (TPSA) is 71.2 Å². The molecular weight excluding hydrogens is 376 g/mol. The van der Waals surface area contributed by atoms with Gasteiger partial charge in [0.05, 0.1) is 13.0 Å². The number of carbonyl (C=O) groups is 1. The number of hydrogen-bond donors (Lipinski definition) is 2. The van der Waals surface area contributed by atoms with E-state index in [4.69, 9.17) is 4.74 Å². The van der Waals surface area contributed by atoms with Gasteiger partial charge in [-0.15, -0.1) is 0 Å². The summed E-state index contributed by atoms with van der Waals surface area (Å²) in [5, 5.41) is 3.79. The van der Waals surface area contributed by atoms with Gasteiger partial charge in [-0.1, -0.05) is 60.7 Å². The molecule has 0 aliphatic carbocycles. The van der Waals surface area contributed by atoms with Gasteiger partial charge >= 0.3 is 0 Å². The second kappa shape index (κ2) is 8.66. The number of hydrogen-bond acceptors (Lipinski definition) is 3. The molecule has 5 nitrogen and oxygen atoms in total. The molecule has 0 spiro atoms. The smallest absolute Gasteiger partial charge is 0.253 e. The number of aromatic amines is 1. The molecule has 5 heteroatoms. The Bertz CT molecular complexity index is 1180. The minimum absolute atomic E-state index is 0.136. The molecule has 4 rings (SSSR count). The van der Waals surface area contributed by atoms with Crippen LogP contribution in [0.25, 0.3) is 10.9 Å². The third-order valence-corrected chi connectivity index (χ3v) is 5.11. The largest absolute Gasteiger partial charge is 0.497 e. The molecule has 150 valence electrons. The highest BCUT2D eigenvalue weighted by atomic mass is 16.5. The quantitative estimate of drug-likeness (QED) is 0.516. The Balaban J connectivity index is 1.61. The molecule has 0 atom stereocenters. The molecule has 0 aliphatic heterocycles. The molecule has 0 radical (unpaired) electrons. The van der Waals surface area contributed by atoms with E-state index in [1.54, 1.807) is 25.3 Å². The monoisotopic (exact) mass is 398 g/mol. The van der Waals surface area contributed by atoms with Crippen LogP contribution in [0.15, 0.2) is 89.7 Å². The maximum absolute atomic E-state index is 13.1. The highest BCUT2D eigenvalue weighted by Crippen LogP contribution is 2.25. The molecule has 0 saturated carbocycles. The van der Waals surface area contributed by atoms with Gasteiger partial charge in [-0.2, -0.15) is 0 Å². The Morgan fingerprint density at radius 1 is 0.933 bits per heavy atom. The van der Waals surface area contributed by atoms with Crippen LogP contribution in [0, 0.1) is 0 Å². The summed E-state index contributed by atoms with van der Waals surface area (Å²) in [7, 11) is 1.60. The Morgan fingerprint density at radius 2 is 1.57 bits per heavy atom. The van der Waals surface area contributed by atoms with E-state index in [0.29, 0.717) is 11.3 Å². The van der Waals surface area contributed by atoms with Crippen LogP contribution in [-0.2, 0) is 11.3 Å². The van der Waals surface area contributed by atoms with Gasteiger partial charge in [-0.05, 0) is 35.4 Å². The van der Waals surface area contributed by atoms with Crippen LogP contribution in [-0.4, -0.2) is 18.0 Å². The number of carbonyl (C=O) groups excluding carboxylic acids is 1. The summed E-state index contributed by atoms with van der Waals surface area (Å²) < 4.78 is 5.26. The first kappa shape index (κ1) is 19.5. The summed E-state index contributed by atoms with van der Waals surface area (Å²) in [5.74, 6) is 0.0994. The Hall–Kier alpha value is -3.86. The van der Waals surface area contributed by atoms with E-state index >= 15 is 0 Å². The fraction of sp³-hybridized carbons (Fsp3) is 0.120. The van der Waals surface area contributed by atoms with Crippen molar-refractivity contribution in [3.05, 3.63) is 112 Å². The molecule has 0 unspecified atom stereocenters. The summed E-state index contributed by atoms with van der Waals surface area (Å²) >= 11 is 0. The first-order chi connectivity index (χ1) is 14.7. The molecule has 3 aromatic carbocycles. The molecule has 0 saturated heterocycles. The summed E-state index contributed by atoms with van der Waals surface area (Å²) in [5.41, 5.74) is 2.80. The number of pyridine rings is 1. The molecule has 0 bridgehead atoms. The van der Waals surface area contributed by atoms with Gasteiger partial charge in [-0.3, -0.25) is 9.59 Å². The molecule has 30 heavy (non-hydrogen) atoms. The third kappa shape index (κ3) is 4.10. The summed E-state index contributed by atoms with van der Waals surface area (Å²) in [6.45, 7) is 0.136. The number of amides is 1. The van der Waals surface area contributed by atoms with E-state index in [-0.39, 0.29) is 18.0 Å². The van der Waals surface area contributed by atoms with Crippen molar-refractivity contribution in [2.75, 3.05) is 7.11 Å². The predicted octanol–water partition coefficient (Wildman–Crippen LogP) is 3.99. The molecule has 0 fully saturated rings. The van der Waals surface area contributed by atoms with Crippen LogP contribution in [0.4, 0.5) is 0 Å². The van der Waals surface area contributed by atoms with Crippen molar-refractivity contribution in [3.63, 3.8) is 0 Å². The first-order valence-electron chi connectivity index (χ1n) is 9.73. The lowest BCUT2D eigenvalue weighted by Gasteiger charge is -2.18. The second-order valence-electron chi connectivity index (χ2n) is 7.05. The van der Waals surface area contributed by atoms with Crippen molar-refractivity contribution >= 4 is 16.8 Å². The van der Waals surface area contributed by atoms with Crippen LogP contribution >= 0.6 is 0 Å². The van der Waals surface area contributed by atoms with E-state index in [1.165, 1.54) is 0 Å². The van der Waals surface area contributed by atoms with Gasteiger partial charge in [0.15, 0.2) is 0 Å². The zero-order chi connectivity index (χ0) is 20.9. The van der Waals surface area contributed by atoms with Gasteiger partial charge in [0.1, 0.15) is 5.75 Å². The maximum Gasteiger partial charge on any atom is 0.253 e. The average molecular weight is 398 g/mol. The fourth-order valence-electron chi connectivity index (χ4n) is 3.56. The van der Waals surface area contributed by atoms with E-state index in [2.05, 4.69) is 10.3 Å². The van der Waals surface area contributed by atoms with Crippen molar-refractivity contribution in [2.24, 2.45) is 0 Å². The van der Waals surface area contributed by atoms with E-state index < -0.39 is 5.92 Å². The molecular formula is C25H22N2O3. The summed E-state index contributed by atoms with van der Waals surface area (Å²) in [4.78, 5) is 28.5. The lowest BCUT2D eigenvalue weighted by Crippen LogP contribution is -2.31. The van der Waals surface area contributed by atoms with Crippen molar-refractivity contribution in [1.29, 1.82) is 0 Å². The fourth-order valence-corrected chi connectivity index (χ4v) is 3.56. The molecule has 2 N–H and O–H groups in total. The van der Waals surface area contributed by atoms with Gasteiger partial charge in [0.2, 0.25) is 5.91 Å². The van der Waals surface area contributed by atoms with Crippen LogP contribution < -0.4 is 15.6 Å². The first-order valence-corrected chi connectivity index (χ1v) is 9.73. The maximum atomic E-state index is 13.1. The number of rotatable bonds is 6. The minimum Gasteiger partial charge on any atom is -0.497 e. The Labute approximate surface area is 174 Å². The number of nitrogens with one attached hydrogen (secondary N) is 2. The van der Waals surface area contributed by atoms with Gasteiger partial charge in [0.25, 0.3) is 5.56 Å². The lowest BCUT2D eigenvalue weighted by molar-refractivity contribution is -0.121. The number of aromatic nitrogens is 1.